The summed E-state index contributed by atoms with van der Waals surface area (Å²) in [5, 5.41) is 17.2. The molecule has 0 amide bonds. The number of rotatable bonds is 5. The van der Waals surface area contributed by atoms with Crippen molar-refractivity contribution in [1.82, 2.24) is 19.9 Å². The molecule has 6 nitrogen and oxygen atoms in total. The molecule has 5 heterocycles. The first kappa shape index (κ1) is 40.2. The normalized spacial score (nSPS) is 12.3. The van der Waals surface area contributed by atoms with Crippen LogP contribution in [0.15, 0.2) is 127 Å². The zero-order chi connectivity index (χ0) is 45.8. The highest BCUT2D eigenvalue weighted by molar-refractivity contribution is 6.26. The number of aryl methyl sites for hydroxylation is 6. The summed E-state index contributed by atoms with van der Waals surface area (Å²) < 4.78 is 0. The van der Waals surface area contributed by atoms with Gasteiger partial charge in [0.2, 0.25) is 0 Å². The second-order valence-electron chi connectivity index (χ2n) is 18.4. The average Bonchev–Trinajstić information content (AvgIpc) is 4.16. The number of fused-ring (bicyclic) bond motifs is 8. The Morgan fingerprint density at radius 1 is 0.433 bits per heavy atom. The van der Waals surface area contributed by atoms with Crippen LogP contribution in [-0.4, -0.2) is 31.0 Å². The lowest BCUT2D eigenvalue weighted by Crippen LogP contribution is -1.96. The third kappa shape index (κ3) is 6.43. The van der Waals surface area contributed by atoms with Crippen LogP contribution in [0.1, 0.15) is 66.5 Å². The summed E-state index contributed by atoms with van der Waals surface area (Å²) in [5.74, 6) is -0.969. The number of hydrogen-bond donors (Lipinski definition) is 3. The molecule has 3 aromatic heterocycles. The van der Waals surface area contributed by atoms with E-state index in [1.165, 1.54) is 43.4 Å². The van der Waals surface area contributed by atoms with Gasteiger partial charge in [0.1, 0.15) is 0 Å². The first-order chi connectivity index (χ1) is 32.5. The number of aromatic nitrogens is 4. The summed E-state index contributed by atoms with van der Waals surface area (Å²) in [6.45, 7) is 13.0. The van der Waals surface area contributed by atoms with Gasteiger partial charge < -0.3 is 15.1 Å². The van der Waals surface area contributed by atoms with Crippen LogP contribution in [0.4, 0.5) is 0 Å². The predicted molar refractivity (Wildman–Crippen MR) is 280 cm³/mol. The maximum absolute atomic E-state index is 12.0. The zero-order valence-electron chi connectivity index (χ0n) is 38.2. The van der Waals surface area contributed by atoms with Crippen molar-refractivity contribution in [2.75, 3.05) is 0 Å². The highest BCUT2D eigenvalue weighted by Crippen LogP contribution is 2.44. The molecule has 0 radical (unpaired) electrons. The number of benzene rings is 7. The van der Waals surface area contributed by atoms with E-state index >= 15 is 0 Å². The summed E-state index contributed by atoms with van der Waals surface area (Å²) in [5.41, 5.74) is 22.3. The summed E-state index contributed by atoms with van der Waals surface area (Å²) in [7, 11) is 0. The Hall–Kier alpha value is -8.35. The smallest absolute Gasteiger partial charge is 0.335 e. The van der Waals surface area contributed by atoms with Gasteiger partial charge in [0, 0.05) is 44.3 Å². The molecule has 0 unspecified atom stereocenters. The third-order valence-corrected chi connectivity index (χ3v) is 13.8. The Morgan fingerprint density at radius 2 is 0.851 bits per heavy atom. The number of hydrogen-bond acceptors (Lipinski definition) is 3. The molecule has 0 spiro atoms. The minimum Gasteiger partial charge on any atom is -0.478 e. The highest BCUT2D eigenvalue weighted by Gasteiger charge is 2.23. The van der Waals surface area contributed by atoms with Gasteiger partial charge in [-0.15, -0.1) is 0 Å². The number of nitrogens with one attached hydrogen (secondary N) is 2. The molecule has 3 N–H and O–H groups in total. The van der Waals surface area contributed by atoms with Crippen LogP contribution < -0.4 is 0 Å². The van der Waals surface area contributed by atoms with Crippen molar-refractivity contribution in [3.05, 3.63) is 189 Å². The molecule has 0 fully saturated rings. The van der Waals surface area contributed by atoms with Gasteiger partial charge in [-0.1, -0.05) is 102 Å². The van der Waals surface area contributed by atoms with Crippen molar-refractivity contribution in [3.63, 3.8) is 0 Å². The Kier molecular flexibility index (Phi) is 9.06. The number of carbonyl (C=O) groups is 1. The van der Waals surface area contributed by atoms with E-state index in [0.717, 1.165) is 112 Å². The van der Waals surface area contributed by atoms with E-state index in [0.29, 0.717) is 0 Å². The summed E-state index contributed by atoms with van der Waals surface area (Å²) in [4.78, 5) is 31.1. The minimum absolute atomic E-state index is 0.224. The number of H-pyrrole nitrogens is 2. The summed E-state index contributed by atoms with van der Waals surface area (Å²) in [6, 6.07) is 44.8. The van der Waals surface area contributed by atoms with Crippen molar-refractivity contribution >= 4 is 84.7 Å². The van der Waals surface area contributed by atoms with E-state index in [4.69, 9.17) is 9.97 Å². The van der Waals surface area contributed by atoms with Crippen molar-refractivity contribution in [1.29, 1.82) is 0 Å². The van der Waals surface area contributed by atoms with Crippen LogP contribution in [0.25, 0.3) is 123 Å². The molecule has 0 saturated carbocycles. The van der Waals surface area contributed by atoms with Gasteiger partial charge in [0.25, 0.3) is 0 Å². The Bertz CT molecular complexity index is 3890. The lowest BCUT2D eigenvalue weighted by molar-refractivity contribution is 0.0697. The molecular formula is C61H46N4O2. The molecular weight excluding hydrogens is 821 g/mol. The van der Waals surface area contributed by atoms with Crippen molar-refractivity contribution in [3.8, 4) is 44.5 Å². The molecule has 8 bridgehead atoms. The van der Waals surface area contributed by atoms with E-state index in [9.17, 15) is 9.90 Å². The maximum atomic E-state index is 12.0. The number of carboxylic acids is 1. The van der Waals surface area contributed by atoms with Crippen LogP contribution in [0.3, 0.4) is 0 Å². The number of nitrogens with zero attached hydrogens (tertiary/aromatic N) is 2. The largest absolute Gasteiger partial charge is 0.478 e. The van der Waals surface area contributed by atoms with Crippen LogP contribution in [0.5, 0.6) is 0 Å². The first-order valence-electron chi connectivity index (χ1n) is 22.8. The molecule has 2 aliphatic heterocycles. The van der Waals surface area contributed by atoms with Crippen molar-refractivity contribution < 1.29 is 9.90 Å². The topological polar surface area (TPSA) is 94.7 Å². The standard InChI is InChI=1S/C61H46N4O2/c1-32-28-34(3)53(35(4)29-32)59-49-24-20-45(62-49)57(41-12-14-42(15-13-41)61(66)67)46-21-25-50(63-46)60(54-36(5)30-33(2)31-37(54)6)52-27-23-48(65-52)58(47-22-26-51(59)64-47)44-19-17-40-11-10-38-8-7-9-39-16-18-43(44)56(40)55(38)39/h7-31,62,65H,1-6H3,(H,66,67). The molecule has 0 aliphatic carbocycles. The molecule has 2 aliphatic rings. The Labute approximate surface area is 388 Å². The van der Waals surface area contributed by atoms with Crippen LogP contribution in [-0.2, 0) is 0 Å². The molecule has 7 aromatic carbocycles. The van der Waals surface area contributed by atoms with Crippen molar-refractivity contribution in [2.45, 2.75) is 41.5 Å². The molecule has 0 saturated heterocycles. The molecule has 0 atom stereocenters. The Morgan fingerprint density at radius 3 is 1.36 bits per heavy atom. The fourth-order valence-electron chi connectivity index (χ4n) is 11.2. The van der Waals surface area contributed by atoms with Gasteiger partial charge >= 0.3 is 5.97 Å². The van der Waals surface area contributed by atoms with Gasteiger partial charge in [0.15, 0.2) is 0 Å². The van der Waals surface area contributed by atoms with Gasteiger partial charge in [-0.05, 0) is 179 Å². The van der Waals surface area contributed by atoms with E-state index in [1.807, 2.05) is 12.1 Å². The monoisotopic (exact) mass is 866 g/mol. The van der Waals surface area contributed by atoms with Gasteiger partial charge in [-0.25, -0.2) is 14.8 Å². The molecule has 322 valence electrons. The van der Waals surface area contributed by atoms with Crippen molar-refractivity contribution in [2.24, 2.45) is 0 Å². The predicted octanol–water partition coefficient (Wildman–Crippen LogP) is 15.8. The fraction of sp³-hybridized carbons (Fsp3) is 0.0984. The van der Waals surface area contributed by atoms with Crippen LogP contribution in [0, 0.1) is 41.5 Å². The SMILES string of the molecule is Cc1cc(C)c(-c2c3nc(c(-c4ccc5ccc6cccc7ccc4c5c67)c4ccc([nH]4)c(-c4c(C)cc(C)cc4C)c4nc(c(-c5ccc(C(=O)O)cc5)c5ccc2[nH]5)C=C4)C=C3)c(C)c1. The minimum atomic E-state index is -0.969. The quantitative estimate of drug-likeness (QED) is 0.150. The lowest BCUT2D eigenvalue weighted by Gasteiger charge is -2.15. The summed E-state index contributed by atoms with van der Waals surface area (Å²) >= 11 is 0. The van der Waals surface area contributed by atoms with E-state index in [1.54, 1.807) is 12.1 Å². The van der Waals surface area contributed by atoms with E-state index in [2.05, 4.69) is 179 Å². The second kappa shape index (κ2) is 15.1. The maximum Gasteiger partial charge on any atom is 0.335 e. The van der Waals surface area contributed by atoms with E-state index < -0.39 is 5.97 Å². The van der Waals surface area contributed by atoms with E-state index in [-0.39, 0.29) is 5.56 Å². The molecule has 10 aromatic rings. The Balaban J connectivity index is 1.28. The molecule has 67 heavy (non-hydrogen) atoms. The zero-order valence-corrected chi connectivity index (χ0v) is 38.2. The molecule has 6 heteroatoms. The van der Waals surface area contributed by atoms with Gasteiger partial charge in [-0.3, -0.25) is 0 Å². The lowest BCUT2D eigenvalue weighted by atomic mass is 9.89. The number of carboxylic acid groups (broad SMARTS) is 1. The molecule has 12 rings (SSSR count). The summed E-state index contributed by atoms with van der Waals surface area (Å²) in [6.07, 6.45) is 8.54. The fourth-order valence-corrected chi connectivity index (χ4v) is 11.2. The number of aromatic carboxylic acids is 1. The highest BCUT2D eigenvalue weighted by atomic mass is 16.4. The van der Waals surface area contributed by atoms with Crippen LogP contribution in [0.2, 0.25) is 0 Å². The first-order valence-corrected chi connectivity index (χ1v) is 22.8. The average molecular weight is 867 g/mol. The van der Waals surface area contributed by atoms with Gasteiger partial charge in [-0.2, -0.15) is 0 Å². The second-order valence-corrected chi connectivity index (χ2v) is 18.4. The number of aromatic amines is 2. The van der Waals surface area contributed by atoms with Gasteiger partial charge in [0.05, 0.1) is 28.3 Å². The van der Waals surface area contributed by atoms with Crippen LogP contribution >= 0.6 is 0 Å². The third-order valence-electron chi connectivity index (χ3n) is 13.8.